The van der Waals surface area contributed by atoms with Crippen LogP contribution in [0.3, 0.4) is 0 Å². The van der Waals surface area contributed by atoms with Crippen molar-refractivity contribution < 1.29 is 14.7 Å². The van der Waals surface area contributed by atoms with E-state index in [-0.39, 0.29) is 24.4 Å². The molecule has 3 N–H and O–H groups in total. The standard InChI is InChI=1S/C13H18N2O3S/c1-8(10-3-2-6-19-10)15-11(16)7-14-12(13(17)18)9-4-5-9/h2-3,6,8-9,12,14H,4-5,7H2,1H3,(H,15,16)(H,17,18). The lowest BCUT2D eigenvalue weighted by Gasteiger charge is -2.15. The Hall–Kier alpha value is -1.40. The van der Waals surface area contributed by atoms with E-state index in [1.165, 1.54) is 0 Å². The summed E-state index contributed by atoms with van der Waals surface area (Å²) < 4.78 is 0. The van der Waals surface area contributed by atoms with Crippen LogP contribution in [0.25, 0.3) is 0 Å². The molecule has 1 aliphatic rings. The van der Waals surface area contributed by atoms with Crippen LogP contribution in [0, 0.1) is 5.92 Å². The maximum atomic E-state index is 11.8. The number of carboxylic acid groups (broad SMARTS) is 1. The Bertz CT molecular complexity index is 443. The van der Waals surface area contributed by atoms with E-state index >= 15 is 0 Å². The summed E-state index contributed by atoms with van der Waals surface area (Å²) in [5, 5.41) is 16.7. The Morgan fingerprint density at radius 2 is 2.26 bits per heavy atom. The minimum Gasteiger partial charge on any atom is -0.480 e. The molecule has 0 aliphatic heterocycles. The number of carboxylic acids is 1. The third-order valence-corrected chi connectivity index (χ3v) is 4.24. The zero-order valence-electron chi connectivity index (χ0n) is 10.8. The minimum atomic E-state index is -0.874. The van der Waals surface area contributed by atoms with E-state index in [4.69, 9.17) is 5.11 Å². The van der Waals surface area contributed by atoms with Crippen LogP contribution in [-0.2, 0) is 9.59 Å². The van der Waals surface area contributed by atoms with Gasteiger partial charge in [-0.05, 0) is 37.1 Å². The van der Waals surface area contributed by atoms with Gasteiger partial charge in [-0.25, -0.2) is 0 Å². The van der Waals surface area contributed by atoms with Crippen molar-refractivity contribution in [3.63, 3.8) is 0 Å². The first-order chi connectivity index (χ1) is 9.08. The van der Waals surface area contributed by atoms with Crippen LogP contribution in [0.5, 0.6) is 0 Å². The Morgan fingerprint density at radius 1 is 1.53 bits per heavy atom. The van der Waals surface area contributed by atoms with E-state index in [0.29, 0.717) is 0 Å². The van der Waals surface area contributed by atoms with Gasteiger partial charge in [-0.2, -0.15) is 0 Å². The van der Waals surface area contributed by atoms with Gasteiger partial charge in [0.05, 0.1) is 12.6 Å². The second-order valence-electron chi connectivity index (χ2n) is 4.84. The first-order valence-corrected chi connectivity index (χ1v) is 7.25. The van der Waals surface area contributed by atoms with Crippen molar-refractivity contribution in [3.8, 4) is 0 Å². The molecule has 0 saturated heterocycles. The van der Waals surface area contributed by atoms with Crippen molar-refractivity contribution in [2.45, 2.75) is 31.8 Å². The number of thiophene rings is 1. The van der Waals surface area contributed by atoms with Crippen molar-refractivity contribution in [2.75, 3.05) is 6.54 Å². The van der Waals surface area contributed by atoms with E-state index in [1.807, 2.05) is 24.4 Å². The van der Waals surface area contributed by atoms with Crippen LogP contribution in [0.15, 0.2) is 17.5 Å². The maximum Gasteiger partial charge on any atom is 0.320 e. The lowest BCUT2D eigenvalue weighted by molar-refractivity contribution is -0.140. The molecular weight excluding hydrogens is 264 g/mol. The number of carbonyl (C=O) groups excluding carboxylic acids is 1. The molecule has 0 bridgehead atoms. The quantitative estimate of drug-likeness (QED) is 0.706. The number of aliphatic carboxylic acids is 1. The summed E-state index contributed by atoms with van der Waals surface area (Å²) >= 11 is 1.59. The van der Waals surface area contributed by atoms with Crippen molar-refractivity contribution in [1.29, 1.82) is 0 Å². The predicted octanol–water partition coefficient (Wildman–Crippen LogP) is 1.38. The molecule has 2 rings (SSSR count). The summed E-state index contributed by atoms with van der Waals surface area (Å²) in [6, 6.07) is 3.27. The third-order valence-electron chi connectivity index (χ3n) is 3.19. The average molecular weight is 282 g/mol. The average Bonchev–Trinajstić information content (AvgIpc) is 3.02. The van der Waals surface area contributed by atoms with Crippen molar-refractivity contribution >= 4 is 23.2 Å². The van der Waals surface area contributed by atoms with Gasteiger partial charge in [-0.15, -0.1) is 11.3 Å². The molecule has 1 aromatic heterocycles. The Balaban J connectivity index is 1.76. The normalized spacial score (nSPS) is 17.7. The summed E-state index contributed by atoms with van der Waals surface area (Å²) in [6.45, 7) is 1.96. The van der Waals surface area contributed by atoms with Gasteiger partial charge in [0.2, 0.25) is 5.91 Å². The van der Waals surface area contributed by atoms with Crippen LogP contribution in [0.4, 0.5) is 0 Å². The molecule has 0 aromatic carbocycles. The topological polar surface area (TPSA) is 78.4 Å². The van der Waals surface area contributed by atoms with Crippen molar-refractivity contribution in [1.82, 2.24) is 10.6 Å². The Labute approximate surface area is 116 Å². The van der Waals surface area contributed by atoms with Gasteiger partial charge in [-0.1, -0.05) is 6.07 Å². The number of rotatable bonds is 7. The van der Waals surface area contributed by atoms with E-state index in [9.17, 15) is 9.59 Å². The zero-order valence-corrected chi connectivity index (χ0v) is 11.6. The second kappa shape index (κ2) is 6.16. The van der Waals surface area contributed by atoms with Crippen molar-refractivity contribution in [3.05, 3.63) is 22.4 Å². The predicted molar refractivity (Wildman–Crippen MR) is 73.0 cm³/mol. The lowest BCUT2D eigenvalue weighted by atomic mass is 10.2. The van der Waals surface area contributed by atoms with Crippen LogP contribution in [0.1, 0.15) is 30.7 Å². The molecular formula is C13H18N2O3S. The van der Waals surface area contributed by atoms with Gasteiger partial charge in [0.15, 0.2) is 0 Å². The fourth-order valence-electron chi connectivity index (χ4n) is 1.99. The van der Waals surface area contributed by atoms with Gasteiger partial charge in [0.25, 0.3) is 0 Å². The SMILES string of the molecule is CC(NC(=O)CNC(C(=O)O)C1CC1)c1cccs1. The smallest absolute Gasteiger partial charge is 0.320 e. The molecule has 0 spiro atoms. The molecule has 0 radical (unpaired) electrons. The maximum absolute atomic E-state index is 11.8. The molecule has 6 heteroatoms. The monoisotopic (exact) mass is 282 g/mol. The molecule has 104 valence electrons. The minimum absolute atomic E-state index is 0.0431. The Morgan fingerprint density at radius 3 is 2.79 bits per heavy atom. The fourth-order valence-corrected chi connectivity index (χ4v) is 2.72. The highest BCUT2D eigenvalue weighted by Gasteiger charge is 2.36. The Kier molecular flexibility index (Phi) is 4.55. The fraction of sp³-hybridized carbons (Fsp3) is 0.538. The van der Waals surface area contributed by atoms with Crippen LogP contribution in [-0.4, -0.2) is 29.6 Å². The van der Waals surface area contributed by atoms with E-state index in [2.05, 4.69) is 10.6 Å². The zero-order chi connectivity index (χ0) is 13.8. The molecule has 5 nitrogen and oxygen atoms in total. The summed E-state index contributed by atoms with van der Waals surface area (Å²) in [6.07, 6.45) is 1.86. The highest BCUT2D eigenvalue weighted by molar-refractivity contribution is 7.10. The van der Waals surface area contributed by atoms with Crippen LogP contribution >= 0.6 is 11.3 Å². The van der Waals surface area contributed by atoms with Crippen LogP contribution in [0.2, 0.25) is 0 Å². The van der Waals surface area contributed by atoms with Gasteiger partial charge >= 0.3 is 5.97 Å². The molecule has 2 unspecified atom stereocenters. The first kappa shape index (κ1) is 14.0. The number of carbonyl (C=O) groups is 2. The molecule has 1 heterocycles. The lowest BCUT2D eigenvalue weighted by Crippen LogP contribution is -2.44. The number of hydrogen-bond donors (Lipinski definition) is 3. The molecule has 19 heavy (non-hydrogen) atoms. The van der Waals surface area contributed by atoms with Gasteiger partial charge in [0, 0.05) is 4.88 Å². The highest BCUT2D eigenvalue weighted by Crippen LogP contribution is 2.32. The van der Waals surface area contributed by atoms with E-state index in [1.54, 1.807) is 11.3 Å². The van der Waals surface area contributed by atoms with E-state index in [0.717, 1.165) is 17.7 Å². The summed E-state index contributed by atoms with van der Waals surface area (Å²) in [7, 11) is 0. The third kappa shape index (κ3) is 4.04. The van der Waals surface area contributed by atoms with Gasteiger partial charge in [0.1, 0.15) is 6.04 Å². The van der Waals surface area contributed by atoms with E-state index < -0.39 is 12.0 Å². The second-order valence-corrected chi connectivity index (χ2v) is 5.82. The molecule has 1 saturated carbocycles. The first-order valence-electron chi connectivity index (χ1n) is 6.37. The van der Waals surface area contributed by atoms with Crippen LogP contribution < -0.4 is 10.6 Å². The molecule has 1 fully saturated rings. The number of amides is 1. The van der Waals surface area contributed by atoms with Crippen molar-refractivity contribution in [2.24, 2.45) is 5.92 Å². The number of hydrogen-bond acceptors (Lipinski definition) is 4. The molecule has 1 aliphatic carbocycles. The summed E-state index contributed by atoms with van der Waals surface area (Å²) in [5.41, 5.74) is 0. The molecule has 1 aromatic rings. The summed E-state index contributed by atoms with van der Waals surface area (Å²) in [4.78, 5) is 23.9. The number of nitrogens with one attached hydrogen (secondary N) is 2. The van der Waals surface area contributed by atoms with Gasteiger partial charge in [-0.3, -0.25) is 14.9 Å². The molecule has 1 amide bonds. The highest BCUT2D eigenvalue weighted by atomic mass is 32.1. The molecule has 2 atom stereocenters. The summed E-state index contributed by atoms with van der Waals surface area (Å²) in [5.74, 6) is -0.866. The van der Waals surface area contributed by atoms with Gasteiger partial charge < -0.3 is 10.4 Å². The largest absolute Gasteiger partial charge is 0.480 e.